The zero-order valence-electron chi connectivity index (χ0n) is 11.3. The molecule has 4 heteroatoms. The molecule has 0 atom stereocenters. The number of hydrogen-bond acceptors (Lipinski definition) is 3. The molecule has 0 aromatic carbocycles. The van der Waals surface area contributed by atoms with Crippen LogP contribution in [0.1, 0.15) is 47.0 Å². The van der Waals surface area contributed by atoms with Crippen molar-refractivity contribution in [1.82, 2.24) is 5.32 Å². The predicted octanol–water partition coefficient (Wildman–Crippen LogP) is 3.28. The van der Waals surface area contributed by atoms with Crippen LogP contribution in [0.15, 0.2) is 12.2 Å². The van der Waals surface area contributed by atoms with Crippen LogP contribution < -0.4 is 5.32 Å². The van der Waals surface area contributed by atoms with Crippen molar-refractivity contribution in [1.29, 1.82) is 5.41 Å². The Kier molecular flexibility index (Phi) is 7.26. The average Bonchev–Trinajstić information content (AvgIpc) is 2.19. The van der Waals surface area contributed by atoms with Crippen LogP contribution >= 0.6 is 0 Å². The quantitative estimate of drug-likeness (QED) is 0.425. The highest BCUT2D eigenvalue weighted by Gasteiger charge is 2.15. The Labute approximate surface area is 104 Å². The Hall–Kier alpha value is -1.32. The van der Waals surface area contributed by atoms with E-state index >= 15 is 0 Å². The van der Waals surface area contributed by atoms with Crippen molar-refractivity contribution in [2.45, 2.75) is 52.6 Å². The molecule has 1 amide bonds. The maximum atomic E-state index is 11.3. The molecule has 0 saturated carbocycles. The molecule has 98 valence electrons. The van der Waals surface area contributed by atoms with Crippen molar-refractivity contribution in [2.24, 2.45) is 0 Å². The van der Waals surface area contributed by atoms with E-state index in [1.807, 2.05) is 33.8 Å². The monoisotopic (exact) mass is 240 g/mol. The molecule has 0 aliphatic rings. The number of nitrogens with one attached hydrogen (secondary N) is 2. The topological polar surface area (TPSA) is 62.2 Å². The van der Waals surface area contributed by atoms with Crippen LogP contribution in [0.2, 0.25) is 0 Å². The summed E-state index contributed by atoms with van der Waals surface area (Å²) in [5.41, 5.74) is 0.0402. The summed E-state index contributed by atoms with van der Waals surface area (Å²) in [5, 5.41) is 10.2. The second-order valence-electron chi connectivity index (χ2n) is 4.92. The van der Waals surface area contributed by atoms with Crippen molar-refractivity contribution in [2.75, 3.05) is 6.54 Å². The third-order valence-corrected chi connectivity index (χ3v) is 1.93. The minimum atomic E-state index is -0.488. The molecule has 0 spiro atoms. The van der Waals surface area contributed by atoms with Crippen molar-refractivity contribution >= 4 is 11.8 Å². The molecular formula is C13H24N2O2. The van der Waals surface area contributed by atoms with Crippen LogP contribution in [0, 0.1) is 5.41 Å². The molecule has 0 bridgehead atoms. The first-order valence-corrected chi connectivity index (χ1v) is 5.99. The van der Waals surface area contributed by atoms with Gasteiger partial charge in [-0.3, -0.25) is 0 Å². The number of rotatable bonds is 6. The fourth-order valence-corrected chi connectivity index (χ4v) is 1.18. The van der Waals surface area contributed by atoms with Gasteiger partial charge < -0.3 is 15.5 Å². The minimum Gasteiger partial charge on any atom is -0.444 e. The highest BCUT2D eigenvalue weighted by Crippen LogP contribution is 2.06. The minimum absolute atomic E-state index is 0.269. The zero-order chi connectivity index (χ0) is 13.3. The molecule has 2 N–H and O–H groups in total. The van der Waals surface area contributed by atoms with Gasteiger partial charge in [0.05, 0.1) is 6.54 Å². The smallest absolute Gasteiger partial charge is 0.407 e. The van der Waals surface area contributed by atoms with Crippen LogP contribution in [-0.2, 0) is 4.74 Å². The lowest BCUT2D eigenvalue weighted by Crippen LogP contribution is -2.35. The van der Waals surface area contributed by atoms with Gasteiger partial charge in [-0.1, -0.05) is 12.2 Å². The van der Waals surface area contributed by atoms with Gasteiger partial charge in [0.2, 0.25) is 0 Å². The number of unbranched alkanes of at least 4 members (excludes halogenated alkanes) is 1. The van der Waals surface area contributed by atoms with Crippen LogP contribution in [0.3, 0.4) is 0 Å². The molecular weight excluding hydrogens is 216 g/mol. The zero-order valence-corrected chi connectivity index (χ0v) is 11.3. The van der Waals surface area contributed by atoms with Crippen LogP contribution in [-0.4, -0.2) is 24.0 Å². The molecule has 0 saturated heterocycles. The van der Waals surface area contributed by atoms with Crippen LogP contribution in [0.25, 0.3) is 0 Å². The Balaban J connectivity index is 3.66. The van der Waals surface area contributed by atoms with E-state index in [9.17, 15) is 4.79 Å². The first-order valence-electron chi connectivity index (χ1n) is 5.99. The van der Waals surface area contributed by atoms with E-state index in [1.54, 1.807) is 0 Å². The summed E-state index contributed by atoms with van der Waals surface area (Å²) in [6.07, 6.45) is 6.25. The number of alkyl carbamates (subject to hydrolysis) is 1. The van der Waals surface area contributed by atoms with Crippen LogP contribution in [0.4, 0.5) is 4.79 Å². The van der Waals surface area contributed by atoms with Crippen molar-refractivity contribution < 1.29 is 9.53 Å². The summed E-state index contributed by atoms with van der Waals surface area (Å²) >= 11 is 0. The highest BCUT2D eigenvalue weighted by atomic mass is 16.6. The summed E-state index contributed by atoms with van der Waals surface area (Å²) in [7, 11) is 0. The second kappa shape index (κ2) is 7.87. The maximum absolute atomic E-state index is 11.3. The SMILES string of the molecule is CC=CCCCC(=N)CNC(=O)OC(C)(C)C. The number of hydrogen-bond donors (Lipinski definition) is 2. The lowest BCUT2D eigenvalue weighted by molar-refractivity contribution is 0.0535. The number of amides is 1. The maximum Gasteiger partial charge on any atom is 0.407 e. The van der Waals surface area contributed by atoms with Gasteiger partial charge >= 0.3 is 6.09 Å². The van der Waals surface area contributed by atoms with Gasteiger partial charge in [0, 0.05) is 5.71 Å². The predicted molar refractivity (Wildman–Crippen MR) is 70.6 cm³/mol. The summed E-state index contributed by atoms with van der Waals surface area (Å²) in [6, 6.07) is 0. The summed E-state index contributed by atoms with van der Waals surface area (Å²) in [4.78, 5) is 11.3. The molecule has 0 aromatic heterocycles. The van der Waals surface area contributed by atoms with Gasteiger partial charge in [-0.2, -0.15) is 0 Å². The Morgan fingerprint density at radius 3 is 2.59 bits per heavy atom. The third kappa shape index (κ3) is 11.0. The van der Waals surface area contributed by atoms with Gasteiger partial charge in [-0.25, -0.2) is 4.79 Å². The molecule has 0 aliphatic heterocycles. The first kappa shape index (κ1) is 15.7. The van der Waals surface area contributed by atoms with E-state index < -0.39 is 11.7 Å². The second-order valence-corrected chi connectivity index (χ2v) is 4.92. The van der Waals surface area contributed by atoms with E-state index in [4.69, 9.17) is 10.1 Å². The van der Waals surface area contributed by atoms with Gasteiger partial charge in [-0.15, -0.1) is 0 Å². The Bertz CT molecular complexity index is 278. The number of ether oxygens (including phenoxy) is 1. The lowest BCUT2D eigenvalue weighted by Gasteiger charge is -2.19. The normalized spacial score (nSPS) is 11.5. The van der Waals surface area contributed by atoms with Gasteiger partial charge in [0.1, 0.15) is 5.60 Å². The van der Waals surface area contributed by atoms with Crippen molar-refractivity contribution in [3.05, 3.63) is 12.2 Å². The molecule has 0 fully saturated rings. The Morgan fingerprint density at radius 2 is 2.06 bits per heavy atom. The first-order chi connectivity index (χ1) is 7.85. The summed E-state index contributed by atoms with van der Waals surface area (Å²) in [5.74, 6) is 0. The number of carbonyl (C=O) groups is 1. The fourth-order valence-electron chi connectivity index (χ4n) is 1.18. The van der Waals surface area contributed by atoms with E-state index in [2.05, 4.69) is 11.4 Å². The lowest BCUT2D eigenvalue weighted by atomic mass is 10.1. The number of carbonyl (C=O) groups excluding carboxylic acids is 1. The van der Waals surface area contributed by atoms with Gasteiger partial charge in [-0.05, 0) is 47.0 Å². The van der Waals surface area contributed by atoms with Crippen molar-refractivity contribution in [3.8, 4) is 0 Å². The summed E-state index contributed by atoms with van der Waals surface area (Å²) in [6.45, 7) is 7.69. The van der Waals surface area contributed by atoms with E-state index in [0.717, 1.165) is 12.8 Å². The molecule has 0 aliphatic carbocycles. The van der Waals surface area contributed by atoms with E-state index in [1.165, 1.54) is 0 Å². The van der Waals surface area contributed by atoms with Gasteiger partial charge in [0.25, 0.3) is 0 Å². The molecule has 0 heterocycles. The van der Waals surface area contributed by atoms with Crippen LogP contribution in [0.5, 0.6) is 0 Å². The molecule has 0 rings (SSSR count). The Morgan fingerprint density at radius 1 is 1.41 bits per heavy atom. The average molecular weight is 240 g/mol. The van der Waals surface area contributed by atoms with E-state index in [-0.39, 0.29) is 6.54 Å². The molecule has 17 heavy (non-hydrogen) atoms. The molecule has 4 nitrogen and oxygen atoms in total. The third-order valence-electron chi connectivity index (χ3n) is 1.93. The number of allylic oxidation sites excluding steroid dienone is 2. The van der Waals surface area contributed by atoms with E-state index in [0.29, 0.717) is 12.1 Å². The molecule has 0 radical (unpaired) electrons. The molecule has 0 unspecified atom stereocenters. The van der Waals surface area contributed by atoms with Gasteiger partial charge in [0.15, 0.2) is 0 Å². The standard InChI is InChI=1S/C13H24N2O2/c1-5-6-7-8-9-11(14)10-15-12(16)17-13(2,3)4/h5-6,14H,7-10H2,1-4H3,(H,15,16). The summed E-state index contributed by atoms with van der Waals surface area (Å²) < 4.78 is 5.07. The molecule has 0 aromatic rings. The van der Waals surface area contributed by atoms with Crippen molar-refractivity contribution in [3.63, 3.8) is 0 Å². The highest BCUT2D eigenvalue weighted by molar-refractivity contribution is 5.86. The fraction of sp³-hybridized carbons (Fsp3) is 0.692. The largest absolute Gasteiger partial charge is 0.444 e.